The molecule has 0 aliphatic rings. The minimum atomic E-state index is -0.396. The maximum atomic E-state index is 11.9. The molecule has 106 valence electrons. The van der Waals surface area contributed by atoms with Crippen LogP contribution in [-0.2, 0) is 4.74 Å². The van der Waals surface area contributed by atoms with Crippen molar-refractivity contribution in [1.29, 1.82) is 0 Å². The molecule has 4 heteroatoms. The average Bonchev–Trinajstić information content (AvgIpc) is 2.30. The molecule has 0 aliphatic heterocycles. The molecule has 0 fully saturated rings. The first-order chi connectivity index (χ1) is 8.93. The summed E-state index contributed by atoms with van der Waals surface area (Å²) >= 11 is 0. The molecule has 1 aromatic carbocycles. The average molecular weight is 266 g/mol. The summed E-state index contributed by atoms with van der Waals surface area (Å²) in [5, 5.41) is 0. The Hall–Kier alpha value is -1.71. The Morgan fingerprint density at radius 1 is 1.11 bits per heavy atom. The van der Waals surface area contributed by atoms with Gasteiger partial charge in [-0.3, -0.25) is 0 Å². The van der Waals surface area contributed by atoms with Crippen LogP contribution in [0.4, 0.5) is 0 Å². The first-order valence-electron chi connectivity index (χ1n) is 6.58. The van der Waals surface area contributed by atoms with Crippen LogP contribution in [0.2, 0.25) is 0 Å². The summed E-state index contributed by atoms with van der Waals surface area (Å²) in [6, 6.07) is 5.19. The lowest BCUT2D eigenvalue weighted by Crippen LogP contribution is -2.13. The van der Waals surface area contributed by atoms with Crippen LogP contribution in [-0.4, -0.2) is 24.8 Å². The van der Waals surface area contributed by atoms with Crippen molar-refractivity contribution in [2.75, 3.05) is 6.61 Å². The van der Waals surface area contributed by atoms with E-state index >= 15 is 0 Å². The molecular weight excluding hydrogens is 244 g/mol. The highest BCUT2D eigenvalue weighted by Gasteiger charge is 2.16. The first kappa shape index (κ1) is 15.3. The Morgan fingerprint density at radius 2 is 1.74 bits per heavy atom. The van der Waals surface area contributed by atoms with Gasteiger partial charge in [-0.05, 0) is 52.8 Å². The van der Waals surface area contributed by atoms with Crippen LogP contribution in [0.25, 0.3) is 0 Å². The number of ether oxygens (including phenoxy) is 3. The van der Waals surface area contributed by atoms with Crippen LogP contribution in [0.1, 0.15) is 45.0 Å². The second kappa shape index (κ2) is 7.02. The molecule has 0 atom stereocenters. The number of benzene rings is 1. The predicted octanol–water partition coefficient (Wildman–Crippen LogP) is 3.44. The molecule has 19 heavy (non-hydrogen) atoms. The zero-order valence-electron chi connectivity index (χ0n) is 12.2. The van der Waals surface area contributed by atoms with E-state index in [0.29, 0.717) is 23.7 Å². The van der Waals surface area contributed by atoms with Gasteiger partial charge in [0.25, 0.3) is 0 Å². The van der Waals surface area contributed by atoms with Crippen molar-refractivity contribution in [3.8, 4) is 11.5 Å². The molecule has 0 saturated heterocycles. The minimum Gasteiger partial charge on any atom is -0.491 e. The van der Waals surface area contributed by atoms with Gasteiger partial charge >= 0.3 is 5.97 Å². The van der Waals surface area contributed by atoms with E-state index in [-0.39, 0.29) is 12.2 Å². The van der Waals surface area contributed by atoms with E-state index in [0.717, 1.165) is 0 Å². The number of hydrogen-bond donors (Lipinski definition) is 0. The zero-order valence-corrected chi connectivity index (χ0v) is 12.2. The zero-order chi connectivity index (χ0) is 14.4. The summed E-state index contributed by atoms with van der Waals surface area (Å²) in [6.07, 6.45) is 0.0388. The standard InChI is InChI=1S/C15H22O4/c1-6-17-15(16)13-9-12(18-10(2)3)7-8-14(13)19-11(4)5/h7-11H,6H2,1-5H3. The van der Waals surface area contributed by atoms with Crippen molar-refractivity contribution in [2.24, 2.45) is 0 Å². The van der Waals surface area contributed by atoms with Gasteiger partial charge in [0.2, 0.25) is 0 Å². The molecule has 0 spiro atoms. The van der Waals surface area contributed by atoms with Gasteiger partial charge in [-0.2, -0.15) is 0 Å². The Balaban J connectivity index is 3.06. The van der Waals surface area contributed by atoms with Crippen LogP contribution < -0.4 is 9.47 Å². The molecular formula is C15H22O4. The molecule has 0 N–H and O–H groups in total. The maximum Gasteiger partial charge on any atom is 0.342 e. The molecule has 1 aromatic rings. The first-order valence-corrected chi connectivity index (χ1v) is 6.58. The van der Waals surface area contributed by atoms with E-state index < -0.39 is 5.97 Å². The van der Waals surface area contributed by atoms with Gasteiger partial charge < -0.3 is 14.2 Å². The summed E-state index contributed by atoms with van der Waals surface area (Å²) in [7, 11) is 0. The maximum absolute atomic E-state index is 11.9. The van der Waals surface area contributed by atoms with Crippen molar-refractivity contribution >= 4 is 5.97 Å². The quantitative estimate of drug-likeness (QED) is 0.740. The lowest BCUT2D eigenvalue weighted by Gasteiger charge is -2.16. The van der Waals surface area contributed by atoms with E-state index in [1.807, 2.05) is 27.7 Å². The molecule has 0 amide bonds. The van der Waals surface area contributed by atoms with Crippen LogP contribution in [0.15, 0.2) is 18.2 Å². The summed E-state index contributed by atoms with van der Waals surface area (Å²) in [6.45, 7) is 9.79. The van der Waals surface area contributed by atoms with Gasteiger partial charge in [-0.1, -0.05) is 0 Å². The van der Waals surface area contributed by atoms with Crippen molar-refractivity contribution in [3.05, 3.63) is 23.8 Å². The summed E-state index contributed by atoms with van der Waals surface area (Å²) in [4.78, 5) is 11.9. The lowest BCUT2D eigenvalue weighted by atomic mass is 10.2. The van der Waals surface area contributed by atoms with Crippen molar-refractivity contribution in [1.82, 2.24) is 0 Å². The van der Waals surface area contributed by atoms with Gasteiger partial charge in [0.05, 0.1) is 18.8 Å². The van der Waals surface area contributed by atoms with Crippen LogP contribution in [0, 0.1) is 0 Å². The number of carbonyl (C=O) groups is 1. The molecule has 0 heterocycles. The second-order valence-corrected chi connectivity index (χ2v) is 4.71. The third kappa shape index (κ3) is 4.81. The van der Waals surface area contributed by atoms with E-state index in [2.05, 4.69) is 0 Å². The fourth-order valence-corrected chi connectivity index (χ4v) is 1.58. The second-order valence-electron chi connectivity index (χ2n) is 4.71. The van der Waals surface area contributed by atoms with Crippen LogP contribution >= 0.6 is 0 Å². The molecule has 1 rings (SSSR count). The predicted molar refractivity (Wildman–Crippen MR) is 73.9 cm³/mol. The number of rotatable bonds is 6. The fraction of sp³-hybridized carbons (Fsp3) is 0.533. The SMILES string of the molecule is CCOC(=O)c1cc(OC(C)C)ccc1OC(C)C. The molecule has 0 aromatic heterocycles. The Morgan fingerprint density at radius 3 is 2.26 bits per heavy atom. The fourth-order valence-electron chi connectivity index (χ4n) is 1.58. The Kier molecular flexibility index (Phi) is 5.67. The molecule has 4 nitrogen and oxygen atoms in total. The van der Waals surface area contributed by atoms with Crippen molar-refractivity contribution < 1.29 is 19.0 Å². The van der Waals surface area contributed by atoms with Crippen LogP contribution in [0.3, 0.4) is 0 Å². The minimum absolute atomic E-state index is 0.00922. The van der Waals surface area contributed by atoms with Gasteiger partial charge in [0.15, 0.2) is 0 Å². The lowest BCUT2D eigenvalue weighted by molar-refractivity contribution is 0.0519. The monoisotopic (exact) mass is 266 g/mol. The molecule has 0 unspecified atom stereocenters. The van der Waals surface area contributed by atoms with E-state index in [9.17, 15) is 4.79 Å². The van der Waals surface area contributed by atoms with E-state index in [4.69, 9.17) is 14.2 Å². The topological polar surface area (TPSA) is 44.8 Å². The molecule has 0 bridgehead atoms. The van der Waals surface area contributed by atoms with Crippen LogP contribution in [0.5, 0.6) is 11.5 Å². The van der Waals surface area contributed by atoms with E-state index in [1.54, 1.807) is 25.1 Å². The number of esters is 1. The highest BCUT2D eigenvalue weighted by atomic mass is 16.5. The summed E-state index contributed by atoms with van der Waals surface area (Å²) < 4.78 is 16.2. The normalized spacial score (nSPS) is 10.7. The number of hydrogen-bond acceptors (Lipinski definition) is 4. The highest BCUT2D eigenvalue weighted by molar-refractivity contribution is 5.93. The Labute approximate surface area is 114 Å². The largest absolute Gasteiger partial charge is 0.491 e. The molecule has 0 saturated carbocycles. The smallest absolute Gasteiger partial charge is 0.342 e. The molecule has 0 aliphatic carbocycles. The summed E-state index contributed by atoms with van der Waals surface area (Å²) in [5.41, 5.74) is 0.397. The van der Waals surface area contributed by atoms with Gasteiger partial charge in [-0.25, -0.2) is 4.79 Å². The van der Waals surface area contributed by atoms with Gasteiger partial charge in [-0.15, -0.1) is 0 Å². The summed E-state index contributed by atoms with van der Waals surface area (Å²) in [5.74, 6) is 0.756. The van der Waals surface area contributed by atoms with Gasteiger partial charge in [0, 0.05) is 0 Å². The van der Waals surface area contributed by atoms with Crippen molar-refractivity contribution in [3.63, 3.8) is 0 Å². The highest BCUT2D eigenvalue weighted by Crippen LogP contribution is 2.26. The Bertz CT molecular complexity index is 424. The third-order valence-electron chi connectivity index (χ3n) is 2.18. The molecule has 0 radical (unpaired) electrons. The number of carbonyl (C=O) groups excluding carboxylic acids is 1. The van der Waals surface area contributed by atoms with Crippen molar-refractivity contribution in [2.45, 2.75) is 46.8 Å². The van der Waals surface area contributed by atoms with E-state index in [1.165, 1.54) is 0 Å². The van der Waals surface area contributed by atoms with Gasteiger partial charge in [0.1, 0.15) is 17.1 Å². The third-order valence-corrected chi connectivity index (χ3v) is 2.18.